The van der Waals surface area contributed by atoms with Crippen molar-refractivity contribution in [2.75, 3.05) is 18.4 Å². The molecule has 1 N–H and O–H groups in total. The second-order valence-electron chi connectivity index (χ2n) is 9.52. The fourth-order valence-corrected chi connectivity index (χ4v) is 5.55. The summed E-state index contributed by atoms with van der Waals surface area (Å²) in [5.74, 6) is -0.234. The van der Waals surface area contributed by atoms with Crippen molar-refractivity contribution in [1.29, 1.82) is 0 Å². The van der Waals surface area contributed by atoms with Crippen molar-refractivity contribution in [2.45, 2.75) is 25.7 Å². The molecule has 202 valence electrons. The number of carbonyl (C=O) groups excluding carboxylic acids is 1. The number of benzene rings is 3. The number of amides is 1. The number of nitro groups is 1. The van der Waals surface area contributed by atoms with Gasteiger partial charge in [-0.3, -0.25) is 14.9 Å². The number of hydrogen-bond acceptors (Lipinski definition) is 6. The van der Waals surface area contributed by atoms with E-state index in [1.165, 1.54) is 12.1 Å². The molecule has 0 saturated carbocycles. The van der Waals surface area contributed by atoms with Crippen LogP contribution in [0.25, 0.3) is 16.9 Å². The van der Waals surface area contributed by atoms with Gasteiger partial charge in [0.15, 0.2) is 0 Å². The first-order valence-corrected chi connectivity index (χ1v) is 13.8. The Bertz CT molecular complexity index is 1570. The van der Waals surface area contributed by atoms with Crippen LogP contribution in [-0.2, 0) is 14.8 Å². The van der Waals surface area contributed by atoms with Crippen LogP contribution in [0, 0.1) is 23.0 Å². The molecule has 0 bridgehead atoms. The Morgan fingerprint density at radius 3 is 2.26 bits per heavy atom. The second kappa shape index (κ2) is 11.6. The van der Waals surface area contributed by atoms with Crippen molar-refractivity contribution < 1.29 is 18.1 Å². The summed E-state index contributed by atoms with van der Waals surface area (Å²) in [5, 5.41) is 18.5. The van der Waals surface area contributed by atoms with Gasteiger partial charge >= 0.3 is 0 Å². The minimum absolute atomic E-state index is 0.0756. The fraction of sp³-hybridized carbons (Fsp3) is 0.214. The maximum atomic E-state index is 13.4. The molecule has 39 heavy (non-hydrogen) atoms. The van der Waals surface area contributed by atoms with Crippen LogP contribution in [0.1, 0.15) is 19.4 Å². The number of anilines is 1. The molecule has 0 saturated heterocycles. The number of non-ortho nitro benzene ring substituents is 1. The zero-order chi connectivity index (χ0) is 28.2. The summed E-state index contributed by atoms with van der Waals surface area (Å²) >= 11 is 0. The van der Waals surface area contributed by atoms with Crippen LogP contribution in [0.5, 0.6) is 0 Å². The monoisotopic (exact) mass is 547 g/mol. The zero-order valence-electron chi connectivity index (χ0n) is 21.8. The third-order valence-corrected chi connectivity index (χ3v) is 7.72. The van der Waals surface area contributed by atoms with E-state index in [1.54, 1.807) is 10.7 Å². The summed E-state index contributed by atoms with van der Waals surface area (Å²) < 4.78 is 29.5. The number of aromatic nitrogens is 2. The van der Waals surface area contributed by atoms with E-state index in [2.05, 4.69) is 5.32 Å². The summed E-state index contributed by atoms with van der Waals surface area (Å²) in [6.07, 6.45) is 0. The highest BCUT2D eigenvalue weighted by Gasteiger charge is 2.28. The topological polar surface area (TPSA) is 127 Å². The first-order chi connectivity index (χ1) is 18.5. The van der Waals surface area contributed by atoms with Crippen molar-refractivity contribution >= 4 is 27.4 Å². The number of nitrogens with one attached hydrogen (secondary N) is 1. The number of aryl methyl sites for hydroxylation is 1. The highest BCUT2D eigenvalue weighted by molar-refractivity contribution is 7.89. The van der Waals surface area contributed by atoms with Gasteiger partial charge in [-0.15, -0.1) is 0 Å². The summed E-state index contributed by atoms with van der Waals surface area (Å²) in [4.78, 5) is 23.5. The molecule has 0 aliphatic carbocycles. The van der Waals surface area contributed by atoms with Gasteiger partial charge in [0.25, 0.3) is 5.69 Å². The fourth-order valence-electron chi connectivity index (χ4n) is 3.99. The summed E-state index contributed by atoms with van der Waals surface area (Å²) in [6, 6.07) is 23.5. The van der Waals surface area contributed by atoms with E-state index in [1.807, 2.05) is 75.4 Å². The molecule has 0 spiro atoms. The molecule has 1 heterocycles. The van der Waals surface area contributed by atoms with Crippen LogP contribution in [0.15, 0.2) is 89.8 Å². The van der Waals surface area contributed by atoms with Gasteiger partial charge in [-0.05, 0) is 37.1 Å². The van der Waals surface area contributed by atoms with Crippen LogP contribution in [0.2, 0.25) is 0 Å². The van der Waals surface area contributed by atoms with Crippen molar-refractivity contribution in [3.63, 3.8) is 0 Å². The van der Waals surface area contributed by atoms with E-state index in [0.717, 1.165) is 33.3 Å². The van der Waals surface area contributed by atoms with Gasteiger partial charge in [-0.2, -0.15) is 9.40 Å². The molecule has 0 aliphatic heterocycles. The van der Waals surface area contributed by atoms with E-state index < -0.39 is 27.4 Å². The molecule has 11 heteroatoms. The standard InChI is InChI=1S/C28H29N5O5S/c1-20(2)18-31(39(37,38)25-15-13-24(14-16-25)33(35)36)19-28(34)29-27-17-26(22-7-5-4-6-8-22)30-32(27)23-11-9-21(3)10-12-23/h4-17,20H,18-19H2,1-3H3,(H,29,34). The van der Waals surface area contributed by atoms with Crippen molar-refractivity contribution in [2.24, 2.45) is 5.92 Å². The van der Waals surface area contributed by atoms with Crippen LogP contribution in [0.3, 0.4) is 0 Å². The molecule has 0 aliphatic rings. The number of carbonyl (C=O) groups is 1. The smallest absolute Gasteiger partial charge is 0.269 e. The lowest BCUT2D eigenvalue weighted by atomic mass is 10.1. The second-order valence-corrected chi connectivity index (χ2v) is 11.5. The normalized spacial score (nSPS) is 11.6. The van der Waals surface area contributed by atoms with Gasteiger partial charge in [-0.1, -0.05) is 61.9 Å². The van der Waals surface area contributed by atoms with Crippen LogP contribution in [0.4, 0.5) is 11.5 Å². The van der Waals surface area contributed by atoms with Crippen LogP contribution < -0.4 is 5.32 Å². The number of sulfonamides is 1. The Kier molecular flexibility index (Phi) is 8.22. The molecule has 4 aromatic rings. The lowest BCUT2D eigenvalue weighted by Gasteiger charge is -2.23. The minimum atomic E-state index is -4.10. The van der Waals surface area contributed by atoms with E-state index in [-0.39, 0.29) is 23.0 Å². The van der Waals surface area contributed by atoms with Gasteiger partial charge in [0.2, 0.25) is 15.9 Å². The molecule has 4 rings (SSSR count). The molecular weight excluding hydrogens is 518 g/mol. The molecule has 3 aromatic carbocycles. The summed E-state index contributed by atoms with van der Waals surface area (Å²) in [6.45, 7) is 5.29. The van der Waals surface area contributed by atoms with E-state index >= 15 is 0 Å². The Labute approximate surface area is 227 Å². The molecule has 1 aromatic heterocycles. The molecule has 0 unspecified atom stereocenters. The van der Waals surface area contributed by atoms with Gasteiger partial charge in [0.1, 0.15) is 5.82 Å². The van der Waals surface area contributed by atoms with Crippen molar-refractivity contribution in [3.8, 4) is 16.9 Å². The van der Waals surface area contributed by atoms with Crippen molar-refractivity contribution in [3.05, 3.63) is 101 Å². The lowest BCUT2D eigenvalue weighted by Crippen LogP contribution is -2.40. The highest BCUT2D eigenvalue weighted by atomic mass is 32.2. The quantitative estimate of drug-likeness (QED) is 0.219. The maximum Gasteiger partial charge on any atom is 0.269 e. The van der Waals surface area contributed by atoms with E-state index in [0.29, 0.717) is 11.5 Å². The number of rotatable bonds is 10. The highest BCUT2D eigenvalue weighted by Crippen LogP contribution is 2.26. The van der Waals surface area contributed by atoms with Gasteiger partial charge < -0.3 is 5.32 Å². The Morgan fingerprint density at radius 1 is 1.03 bits per heavy atom. The number of nitro benzene ring substituents is 1. The first kappa shape index (κ1) is 27.7. The Morgan fingerprint density at radius 2 is 1.67 bits per heavy atom. The van der Waals surface area contributed by atoms with Crippen LogP contribution in [-0.4, -0.2) is 46.4 Å². The maximum absolute atomic E-state index is 13.4. The van der Waals surface area contributed by atoms with Crippen molar-refractivity contribution in [1.82, 2.24) is 14.1 Å². The third-order valence-electron chi connectivity index (χ3n) is 5.90. The summed E-state index contributed by atoms with van der Waals surface area (Å²) in [5.41, 5.74) is 3.09. The average molecular weight is 548 g/mol. The van der Waals surface area contributed by atoms with Gasteiger partial charge in [0, 0.05) is 30.3 Å². The lowest BCUT2D eigenvalue weighted by molar-refractivity contribution is -0.384. The van der Waals surface area contributed by atoms with E-state index in [9.17, 15) is 23.3 Å². The SMILES string of the molecule is Cc1ccc(-n2nc(-c3ccccc3)cc2NC(=O)CN(CC(C)C)S(=O)(=O)c2ccc([N+](=O)[O-])cc2)cc1. The Hall–Kier alpha value is -4.35. The van der Waals surface area contributed by atoms with Crippen LogP contribution >= 0.6 is 0 Å². The molecule has 10 nitrogen and oxygen atoms in total. The zero-order valence-corrected chi connectivity index (χ0v) is 22.6. The number of nitrogens with zero attached hydrogens (tertiary/aromatic N) is 4. The van der Waals surface area contributed by atoms with Gasteiger partial charge in [0.05, 0.1) is 27.7 Å². The largest absolute Gasteiger partial charge is 0.309 e. The predicted octanol–water partition coefficient (Wildman–Crippen LogP) is 5.04. The van der Waals surface area contributed by atoms with Gasteiger partial charge in [-0.25, -0.2) is 13.1 Å². The minimum Gasteiger partial charge on any atom is -0.309 e. The molecule has 0 fully saturated rings. The molecular formula is C28H29N5O5S. The molecule has 0 radical (unpaired) electrons. The predicted molar refractivity (Wildman–Crippen MR) is 149 cm³/mol. The number of hydrogen-bond donors (Lipinski definition) is 1. The summed E-state index contributed by atoms with van der Waals surface area (Å²) in [7, 11) is -4.10. The molecule has 0 atom stereocenters. The van der Waals surface area contributed by atoms with E-state index in [4.69, 9.17) is 5.10 Å². The average Bonchev–Trinajstić information content (AvgIpc) is 3.32. The third kappa shape index (κ3) is 6.57. The first-order valence-electron chi connectivity index (χ1n) is 12.3. The Balaban J connectivity index is 1.63. The molecule has 1 amide bonds.